The van der Waals surface area contributed by atoms with E-state index in [2.05, 4.69) is 24.5 Å². The Hall–Kier alpha value is -3.16. The molecule has 0 saturated carbocycles. The Labute approximate surface area is 234 Å². The van der Waals surface area contributed by atoms with Crippen LogP contribution in [-0.4, -0.2) is 37.3 Å². The summed E-state index contributed by atoms with van der Waals surface area (Å²) < 4.78 is 11.1. The van der Waals surface area contributed by atoms with Gasteiger partial charge in [0.15, 0.2) is 0 Å². The van der Waals surface area contributed by atoms with Gasteiger partial charge in [0, 0.05) is 46.5 Å². The lowest BCUT2D eigenvalue weighted by Crippen LogP contribution is -2.13. The minimum Gasteiger partial charge on any atom is -0.481 e. The van der Waals surface area contributed by atoms with Crippen molar-refractivity contribution in [2.75, 3.05) is 27.3 Å². The fourth-order valence-corrected chi connectivity index (χ4v) is 4.91. The van der Waals surface area contributed by atoms with E-state index in [0.717, 1.165) is 57.9 Å². The number of halogens is 2. The third-order valence-electron chi connectivity index (χ3n) is 6.24. The molecule has 0 bridgehead atoms. The molecule has 0 spiro atoms. The van der Waals surface area contributed by atoms with Gasteiger partial charge < -0.3 is 20.1 Å². The van der Waals surface area contributed by atoms with E-state index < -0.39 is 0 Å². The number of ether oxygens (including phenoxy) is 2. The molecular weight excluding hydrogens is 519 g/mol. The van der Waals surface area contributed by atoms with Crippen LogP contribution < -0.4 is 20.1 Å². The van der Waals surface area contributed by atoms with Crippen molar-refractivity contribution >= 4 is 23.2 Å². The molecule has 4 aromatic rings. The number of benzene rings is 2. The Bertz CT molecular complexity index is 1300. The summed E-state index contributed by atoms with van der Waals surface area (Å²) in [5.74, 6) is 1.14. The van der Waals surface area contributed by atoms with Gasteiger partial charge in [-0.05, 0) is 25.2 Å². The normalized spacial score (nSPS) is 11.0. The van der Waals surface area contributed by atoms with Crippen LogP contribution in [-0.2, 0) is 13.1 Å². The van der Waals surface area contributed by atoms with Crippen LogP contribution in [0.4, 0.5) is 0 Å². The van der Waals surface area contributed by atoms with Crippen LogP contribution in [0.25, 0.3) is 33.6 Å². The average molecular weight is 552 g/mol. The molecule has 4 rings (SSSR count). The number of hydrogen-bond donors (Lipinski definition) is 2. The van der Waals surface area contributed by atoms with E-state index in [4.69, 9.17) is 42.6 Å². The minimum atomic E-state index is 0.562. The summed E-state index contributed by atoms with van der Waals surface area (Å²) in [7, 11) is 3.25. The van der Waals surface area contributed by atoms with E-state index in [-0.39, 0.29) is 0 Å². The lowest BCUT2D eigenvalue weighted by Gasteiger charge is -2.15. The SMILES string of the molecule is CCNCc1ccc(-c2cccc(-c3cccc(-c4ccc(CNCC)c(OC)n4)c3Cl)c2Cl)nc1OC. The van der Waals surface area contributed by atoms with Crippen LogP contribution >= 0.6 is 23.2 Å². The first kappa shape index (κ1) is 27.9. The summed E-state index contributed by atoms with van der Waals surface area (Å²) >= 11 is 14.0. The molecule has 0 aliphatic carbocycles. The van der Waals surface area contributed by atoms with Gasteiger partial charge >= 0.3 is 0 Å². The maximum absolute atomic E-state index is 6.99. The summed E-state index contributed by atoms with van der Waals surface area (Å²) in [4.78, 5) is 9.47. The number of rotatable bonds is 11. The van der Waals surface area contributed by atoms with Crippen LogP contribution in [0, 0.1) is 0 Å². The molecule has 2 aromatic heterocycles. The van der Waals surface area contributed by atoms with Gasteiger partial charge in [-0.1, -0.05) is 85.6 Å². The van der Waals surface area contributed by atoms with E-state index in [1.165, 1.54) is 0 Å². The van der Waals surface area contributed by atoms with Gasteiger partial charge in [-0.15, -0.1) is 0 Å². The second-order valence-corrected chi connectivity index (χ2v) is 9.38. The molecule has 0 fully saturated rings. The minimum absolute atomic E-state index is 0.562. The summed E-state index contributed by atoms with van der Waals surface area (Å²) in [6.45, 7) is 7.21. The highest BCUT2D eigenvalue weighted by Crippen LogP contribution is 2.42. The predicted molar refractivity (Wildman–Crippen MR) is 156 cm³/mol. The number of aromatic nitrogens is 2. The van der Waals surface area contributed by atoms with Gasteiger partial charge in [0.25, 0.3) is 0 Å². The summed E-state index contributed by atoms with van der Waals surface area (Å²) in [5, 5.41) is 7.74. The van der Waals surface area contributed by atoms with Crippen molar-refractivity contribution in [3.8, 4) is 45.4 Å². The average Bonchev–Trinajstić information content (AvgIpc) is 2.95. The Balaban J connectivity index is 1.74. The van der Waals surface area contributed by atoms with Crippen molar-refractivity contribution in [3.05, 3.63) is 81.8 Å². The second-order valence-electron chi connectivity index (χ2n) is 8.62. The first-order valence-corrected chi connectivity index (χ1v) is 13.3. The zero-order chi connectivity index (χ0) is 27.1. The number of pyridine rings is 2. The molecule has 0 saturated heterocycles. The van der Waals surface area contributed by atoms with E-state index in [1.54, 1.807) is 14.2 Å². The summed E-state index contributed by atoms with van der Waals surface area (Å²) in [6, 6.07) is 19.7. The molecule has 0 atom stereocenters. The Morgan fingerprint density at radius 3 is 1.37 bits per heavy atom. The summed E-state index contributed by atoms with van der Waals surface area (Å²) in [5.41, 5.74) is 6.64. The smallest absolute Gasteiger partial charge is 0.218 e. The highest BCUT2D eigenvalue weighted by molar-refractivity contribution is 6.39. The van der Waals surface area contributed by atoms with Crippen LogP contribution in [0.15, 0.2) is 60.7 Å². The molecule has 198 valence electrons. The maximum Gasteiger partial charge on any atom is 0.218 e. The Kier molecular flexibility index (Phi) is 9.58. The molecule has 38 heavy (non-hydrogen) atoms. The van der Waals surface area contributed by atoms with E-state index in [0.29, 0.717) is 34.9 Å². The molecule has 6 nitrogen and oxygen atoms in total. The van der Waals surface area contributed by atoms with Crippen molar-refractivity contribution in [1.29, 1.82) is 0 Å². The largest absolute Gasteiger partial charge is 0.481 e. The van der Waals surface area contributed by atoms with Crippen LogP contribution in [0.1, 0.15) is 25.0 Å². The zero-order valence-electron chi connectivity index (χ0n) is 22.1. The molecule has 2 heterocycles. The second kappa shape index (κ2) is 13.1. The quantitative estimate of drug-likeness (QED) is 0.209. The van der Waals surface area contributed by atoms with Crippen LogP contribution in [0.5, 0.6) is 11.8 Å². The van der Waals surface area contributed by atoms with Crippen LogP contribution in [0.2, 0.25) is 10.0 Å². The van der Waals surface area contributed by atoms with Crippen molar-refractivity contribution in [2.45, 2.75) is 26.9 Å². The fourth-order valence-electron chi connectivity index (χ4n) is 4.26. The predicted octanol–water partition coefficient (Wildman–Crippen LogP) is 7.02. The van der Waals surface area contributed by atoms with E-state index in [9.17, 15) is 0 Å². The molecule has 2 N–H and O–H groups in total. The first-order valence-electron chi connectivity index (χ1n) is 12.6. The van der Waals surface area contributed by atoms with Gasteiger partial charge in [0.05, 0.1) is 35.7 Å². The van der Waals surface area contributed by atoms with Crippen molar-refractivity contribution < 1.29 is 9.47 Å². The zero-order valence-corrected chi connectivity index (χ0v) is 23.6. The van der Waals surface area contributed by atoms with Gasteiger partial charge in [0.2, 0.25) is 11.8 Å². The molecule has 0 aliphatic rings. The third-order valence-corrected chi connectivity index (χ3v) is 7.05. The lowest BCUT2D eigenvalue weighted by atomic mass is 9.98. The van der Waals surface area contributed by atoms with Gasteiger partial charge in [-0.2, -0.15) is 0 Å². The standard InChI is InChI=1S/C30H32Cl2N4O2/c1-5-33-17-19-13-15-25(35-29(19)37-3)23-11-7-9-21(27(23)31)22-10-8-12-24(28(22)32)26-16-14-20(18-34-6-2)30(36-26)38-4/h7-16,33-34H,5-6,17-18H2,1-4H3. The van der Waals surface area contributed by atoms with Crippen molar-refractivity contribution in [1.82, 2.24) is 20.6 Å². The number of nitrogens with zero attached hydrogens (tertiary/aromatic N) is 2. The number of hydrogen-bond acceptors (Lipinski definition) is 6. The highest BCUT2D eigenvalue weighted by atomic mass is 35.5. The van der Waals surface area contributed by atoms with Crippen molar-refractivity contribution in [2.24, 2.45) is 0 Å². The maximum atomic E-state index is 6.99. The molecular formula is C30H32Cl2N4O2. The van der Waals surface area contributed by atoms with Crippen molar-refractivity contribution in [3.63, 3.8) is 0 Å². The Morgan fingerprint density at radius 1 is 0.605 bits per heavy atom. The molecule has 8 heteroatoms. The number of methoxy groups -OCH3 is 2. The number of nitrogens with one attached hydrogen (secondary N) is 2. The van der Waals surface area contributed by atoms with Crippen LogP contribution in [0.3, 0.4) is 0 Å². The Morgan fingerprint density at radius 2 is 1.00 bits per heavy atom. The molecule has 0 amide bonds. The van der Waals surface area contributed by atoms with Gasteiger partial charge in [0.1, 0.15) is 0 Å². The first-order chi connectivity index (χ1) is 18.5. The molecule has 0 unspecified atom stereocenters. The monoisotopic (exact) mass is 550 g/mol. The molecule has 0 radical (unpaired) electrons. The lowest BCUT2D eigenvalue weighted by molar-refractivity contribution is 0.391. The molecule has 2 aromatic carbocycles. The highest BCUT2D eigenvalue weighted by Gasteiger charge is 2.18. The van der Waals surface area contributed by atoms with Gasteiger partial charge in [-0.25, -0.2) is 9.97 Å². The molecule has 0 aliphatic heterocycles. The van der Waals surface area contributed by atoms with Gasteiger partial charge in [-0.3, -0.25) is 0 Å². The van der Waals surface area contributed by atoms with E-state index in [1.807, 2.05) is 60.7 Å². The van der Waals surface area contributed by atoms with E-state index >= 15 is 0 Å². The summed E-state index contributed by atoms with van der Waals surface area (Å²) in [6.07, 6.45) is 0. The third kappa shape index (κ3) is 5.94. The fraction of sp³-hybridized carbons (Fsp3) is 0.267. The topological polar surface area (TPSA) is 68.3 Å².